The normalized spacial score (nSPS) is 41.3. The van der Waals surface area contributed by atoms with Crippen LogP contribution in [0.2, 0.25) is 0 Å². The zero-order valence-corrected chi connectivity index (χ0v) is 18.2. The molecule has 2 N–H and O–H groups in total. The van der Waals surface area contributed by atoms with E-state index >= 15 is 0 Å². The smallest absolute Gasteiger partial charge is 0.323 e. The Kier molecular flexibility index (Phi) is 3.29. The van der Waals surface area contributed by atoms with Crippen molar-refractivity contribution in [3.05, 3.63) is 23.3 Å². The number of nitrogens with zero attached hydrogens (tertiary/aromatic N) is 1. The minimum atomic E-state index is -3.93. The Hall–Kier alpha value is -1.79. The van der Waals surface area contributed by atoms with Gasteiger partial charge in [0, 0.05) is 49.3 Å². The van der Waals surface area contributed by atoms with Crippen LogP contribution in [0.3, 0.4) is 0 Å². The second kappa shape index (κ2) is 9.37. The first-order valence-electron chi connectivity index (χ1n) is 17.4. The summed E-state index contributed by atoms with van der Waals surface area (Å²) >= 11 is 0. The van der Waals surface area contributed by atoms with E-state index in [9.17, 15) is 6.17 Å². The van der Waals surface area contributed by atoms with E-state index in [4.69, 9.17) is 39.1 Å². The van der Waals surface area contributed by atoms with Gasteiger partial charge in [0.05, 0.1) is 17.0 Å². The van der Waals surface area contributed by atoms with E-state index in [2.05, 4.69) is 0 Å². The molecule has 0 bridgehead atoms. The van der Waals surface area contributed by atoms with Gasteiger partial charge in [-0.3, -0.25) is 9.69 Å². The standard InChI is InChI=1S/C25H40N2O4/c1-15(2)10-18-14-27-9-8-17-11-21(29-6)22(30-7)12-19(17)20(27)13-25(18,5)31-24(28)23(26)16(3)4/h11-12,15-16,18,20,23H,8-10,13-14,26H2,1-7H3/t18?,20?,23-,25?/m0/s1/i1D3,3D3,4D3,10D2,15D,16D,20D,23D/t15?,18?,20?,23-,25?. The summed E-state index contributed by atoms with van der Waals surface area (Å²) in [5.41, 5.74) is 4.44. The van der Waals surface area contributed by atoms with Crippen LogP contribution in [0, 0.1) is 17.7 Å². The molecule has 2 aliphatic rings. The molecule has 6 heteroatoms. The Bertz CT molecular complexity index is 1330. The fraction of sp³-hybridized carbons (Fsp3) is 0.720. The molecule has 0 saturated carbocycles. The fourth-order valence-electron chi connectivity index (χ4n) is 4.17. The number of hydrogen-bond donors (Lipinski definition) is 1. The fourth-order valence-corrected chi connectivity index (χ4v) is 4.17. The van der Waals surface area contributed by atoms with Crippen LogP contribution in [-0.2, 0) is 16.0 Å². The highest BCUT2D eigenvalue weighted by molar-refractivity contribution is 5.76. The van der Waals surface area contributed by atoms with E-state index in [-0.39, 0.29) is 12.3 Å². The number of carbonyl (C=O) groups is 1. The van der Waals surface area contributed by atoms with E-state index in [0.717, 1.165) is 13.8 Å². The topological polar surface area (TPSA) is 74.0 Å². The van der Waals surface area contributed by atoms with Crippen molar-refractivity contribution in [3.63, 3.8) is 0 Å². The molecule has 174 valence electrons. The number of rotatable bonds is 7. The maximum atomic E-state index is 13.7. The lowest BCUT2D eigenvalue weighted by atomic mass is 9.72. The van der Waals surface area contributed by atoms with Gasteiger partial charge < -0.3 is 19.9 Å². The average Bonchev–Trinajstić information content (AvgIpc) is 2.88. The van der Waals surface area contributed by atoms with Crippen molar-refractivity contribution < 1.29 is 39.6 Å². The molecular weight excluding hydrogens is 392 g/mol. The van der Waals surface area contributed by atoms with E-state index in [1.807, 2.05) is 0 Å². The van der Waals surface area contributed by atoms with Gasteiger partial charge in [0.15, 0.2) is 11.5 Å². The van der Waals surface area contributed by atoms with Gasteiger partial charge in [-0.15, -0.1) is 0 Å². The van der Waals surface area contributed by atoms with Crippen molar-refractivity contribution >= 4 is 5.97 Å². The Morgan fingerprint density at radius 3 is 2.74 bits per heavy atom. The molecule has 1 aromatic rings. The summed E-state index contributed by atoms with van der Waals surface area (Å²) in [6.45, 7) is -9.16. The minimum absolute atomic E-state index is 0.151. The zero-order valence-electron chi connectivity index (χ0n) is 33.2. The molecular formula is C25H40N2O4. The van der Waals surface area contributed by atoms with Gasteiger partial charge >= 0.3 is 5.97 Å². The average molecular weight is 448 g/mol. The molecule has 31 heavy (non-hydrogen) atoms. The van der Waals surface area contributed by atoms with E-state index < -0.39 is 81.2 Å². The Balaban J connectivity index is 2.28. The summed E-state index contributed by atoms with van der Waals surface area (Å²) in [6.07, 6.45) is -3.30. The first-order valence-corrected chi connectivity index (χ1v) is 9.93. The lowest BCUT2D eigenvalue weighted by molar-refractivity contribution is -0.179. The predicted octanol–water partition coefficient (Wildman–Crippen LogP) is 3.95. The number of nitrogens with two attached hydrogens (primary N) is 1. The molecule has 6 nitrogen and oxygen atoms in total. The molecule has 0 aromatic heterocycles. The van der Waals surface area contributed by atoms with Crippen molar-refractivity contribution in [1.82, 2.24) is 4.90 Å². The molecule has 1 aromatic carbocycles. The number of ether oxygens (including phenoxy) is 3. The lowest BCUT2D eigenvalue weighted by Gasteiger charge is -2.52. The monoisotopic (exact) mass is 447 g/mol. The lowest BCUT2D eigenvalue weighted by Crippen LogP contribution is -2.56. The molecule has 1 saturated heterocycles. The van der Waals surface area contributed by atoms with Crippen LogP contribution in [0.25, 0.3) is 0 Å². The first kappa shape index (κ1) is 10.9. The number of esters is 1. The highest BCUT2D eigenvalue weighted by atomic mass is 16.6. The molecule has 4 unspecified atom stereocenters. The molecule has 0 amide bonds. The summed E-state index contributed by atoms with van der Waals surface area (Å²) in [5.74, 6) is -9.89. The number of methoxy groups -OCH3 is 2. The van der Waals surface area contributed by atoms with Crippen molar-refractivity contribution in [2.45, 2.75) is 71.3 Å². The number of hydrogen-bond acceptors (Lipinski definition) is 6. The number of benzene rings is 1. The van der Waals surface area contributed by atoms with Gasteiger partial charge in [0.1, 0.15) is 11.6 Å². The van der Waals surface area contributed by atoms with Crippen LogP contribution < -0.4 is 15.2 Å². The summed E-state index contributed by atoms with van der Waals surface area (Å²) in [7, 11) is 2.80. The van der Waals surface area contributed by atoms with Crippen LogP contribution in [0.15, 0.2) is 12.1 Å². The number of carbonyl (C=O) groups excluding carboxylic acids is 1. The van der Waals surface area contributed by atoms with E-state index in [1.54, 1.807) is 6.07 Å². The van der Waals surface area contributed by atoms with E-state index in [0.29, 0.717) is 23.3 Å². The molecule has 0 radical (unpaired) electrons. The molecule has 3 rings (SSSR count). The third kappa shape index (κ3) is 4.85. The molecule has 2 aliphatic heterocycles. The third-order valence-corrected chi connectivity index (χ3v) is 5.82. The molecule has 1 fully saturated rings. The second-order valence-electron chi connectivity index (χ2n) is 8.00. The molecule has 5 atom stereocenters. The van der Waals surface area contributed by atoms with Gasteiger partial charge in [0.2, 0.25) is 0 Å². The quantitative estimate of drug-likeness (QED) is 0.638. The van der Waals surface area contributed by atoms with Crippen LogP contribution in [0.1, 0.15) is 84.9 Å². The largest absolute Gasteiger partial charge is 0.493 e. The van der Waals surface area contributed by atoms with Gasteiger partial charge in [0.25, 0.3) is 0 Å². The third-order valence-electron chi connectivity index (χ3n) is 5.82. The summed E-state index contributed by atoms with van der Waals surface area (Å²) in [4.78, 5) is 15.3. The second-order valence-corrected chi connectivity index (χ2v) is 8.00. The molecule has 2 heterocycles. The highest BCUT2D eigenvalue weighted by Crippen LogP contribution is 2.48. The summed E-state index contributed by atoms with van der Waals surface area (Å²) in [5, 5.41) is 0. The van der Waals surface area contributed by atoms with Crippen molar-refractivity contribution in [1.29, 1.82) is 0 Å². The van der Waals surface area contributed by atoms with Crippen LogP contribution in [-0.4, -0.2) is 49.8 Å². The zero-order chi connectivity index (χ0) is 35.9. The predicted molar refractivity (Wildman–Crippen MR) is 122 cm³/mol. The number of fused-ring (bicyclic) bond motifs is 3. The summed E-state index contributed by atoms with van der Waals surface area (Å²) in [6, 6.07) is -2.46. The van der Waals surface area contributed by atoms with Crippen molar-refractivity contribution in [2.75, 3.05) is 27.3 Å². The molecule has 0 spiro atoms. The number of piperidine rings is 1. The Labute approximate surface area is 208 Å². The Morgan fingerprint density at radius 1 is 1.39 bits per heavy atom. The van der Waals surface area contributed by atoms with Crippen molar-refractivity contribution in [2.24, 2.45) is 23.4 Å². The highest BCUT2D eigenvalue weighted by Gasteiger charge is 2.49. The van der Waals surface area contributed by atoms with Crippen LogP contribution >= 0.6 is 0 Å². The SMILES string of the molecule is [2H]C12CC(C)(OC(=O)[C@@]([2H])(N)C([2H])(C([2H])([2H])[2H])C([2H])([2H])[2H])C(C([2H])([2H])C([2H])(C)C([2H])([2H])[2H])CN1CCc1cc(OC)c(OC)cc12. The van der Waals surface area contributed by atoms with Crippen LogP contribution in [0.5, 0.6) is 11.5 Å². The molecule has 0 aliphatic carbocycles. The van der Waals surface area contributed by atoms with Crippen molar-refractivity contribution in [3.8, 4) is 11.5 Å². The van der Waals surface area contributed by atoms with Gasteiger partial charge in [-0.05, 0) is 54.8 Å². The minimum Gasteiger partial charge on any atom is -0.493 e. The summed E-state index contributed by atoms with van der Waals surface area (Å²) < 4.78 is 140. The maximum absolute atomic E-state index is 13.7. The first-order chi connectivity index (χ1) is 20.4. The van der Waals surface area contributed by atoms with Gasteiger partial charge in [-0.25, -0.2) is 0 Å². The maximum Gasteiger partial charge on any atom is 0.323 e. The Morgan fingerprint density at radius 2 is 2.10 bits per heavy atom. The van der Waals surface area contributed by atoms with Gasteiger partial charge in [-0.2, -0.15) is 0 Å². The van der Waals surface area contributed by atoms with Gasteiger partial charge in [-0.1, -0.05) is 27.5 Å². The van der Waals surface area contributed by atoms with E-state index in [1.165, 1.54) is 25.2 Å². The van der Waals surface area contributed by atoms with Crippen LogP contribution in [0.4, 0.5) is 0 Å².